The second-order valence-corrected chi connectivity index (χ2v) is 9.86. The maximum Gasteiger partial charge on any atom is 0.262 e. The lowest BCUT2D eigenvalue weighted by atomic mass is 10.1. The van der Waals surface area contributed by atoms with E-state index in [-0.39, 0.29) is 30.0 Å². The van der Waals surface area contributed by atoms with E-state index in [0.29, 0.717) is 11.4 Å². The molecule has 0 bridgehead atoms. The van der Waals surface area contributed by atoms with Gasteiger partial charge in [-0.15, -0.1) is 11.3 Å². The van der Waals surface area contributed by atoms with Crippen LogP contribution in [0.1, 0.15) is 11.1 Å². The Kier molecular flexibility index (Phi) is 7.44. The number of nitrogens with one attached hydrogen (secondary N) is 2. The van der Waals surface area contributed by atoms with E-state index in [1.807, 2.05) is 44.2 Å². The zero-order chi connectivity index (χ0) is 24.1. The van der Waals surface area contributed by atoms with E-state index >= 15 is 0 Å². The van der Waals surface area contributed by atoms with Crippen LogP contribution in [0.2, 0.25) is 0 Å². The molecule has 0 saturated heterocycles. The standard InChI is InChI=1S/C25H22FN3O3S2/c1-15-3-9-20(16(2)11-15)28-24(31)14-33-25-29-21-10-6-18(12-22(21)34-25)27-23(30)13-32-19-7-4-17(26)5-8-19/h3-12H,13-14H2,1-2H3,(H,27,30)(H,28,31). The molecule has 0 spiro atoms. The zero-order valence-electron chi connectivity index (χ0n) is 18.6. The van der Waals surface area contributed by atoms with E-state index in [4.69, 9.17) is 4.74 Å². The number of benzene rings is 3. The van der Waals surface area contributed by atoms with E-state index in [0.717, 1.165) is 31.4 Å². The molecule has 6 nitrogen and oxygen atoms in total. The molecule has 2 amide bonds. The quantitative estimate of drug-likeness (QED) is 0.302. The summed E-state index contributed by atoms with van der Waals surface area (Å²) in [5.41, 5.74) is 4.39. The molecule has 34 heavy (non-hydrogen) atoms. The van der Waals surface area contributed by atoms with Gasteiger partial charge in [0.2, 0.25) is 5.91 Å². The molecule has 0 saturated carbocycles. The van der Waals surface area contributed by atoms with E-state index in [1.54, 1.807) is 6.07 Å². The van der Waals surface area contributed by atoms with Crippen molar-refractivity contribution in [3.8, 4) is 5.75 Å². The number of aryl methyl sites for hydroxylation is 2. The van der Waals surface area contributed by atoms with Crippen LogP contribution in [-0.2, 0) is 9.59 Å². The summed E-state index contributed by atoms with van der Waals surface area (Å²) in [5.74, 6) is -0.125. The average molecular weight is 496 g/mol. The van der Waals surface area contributed by atoms with Crippen molar-refractivity contribution in [1.82, 2.24) is 4.98 Å². The summed E-state index contributed by atoms with van der Waals surface area (Å²) in [5, 5.41) is 5.72. The number of hydrogen-bond acceptors (Lipinski definition) is 6. The predicted molar refractivity (Wildman–Crippen MR) is 135 cm³/mol. The smallest absolute Gasteiger partial charge is 0.262 e. The van der Waals surface area contributed by atoms with Crippen molar-refractivity contribution in [2.45, 2.75) is 18.2 Å². The number of aromatic nitrogens is 1. The minimum absolute atomic E-state index is 0.0923. The molecule has 0 atom stereocenters. The van der Waals surface area contributed by atoms with E-state index in [9.17, 15) is 14.0 Å². The summed E-state index contributed by atoms with van der Waals surface area (Å²) in [7, 11) is 0. The maximum absolute atomic E-state index is 12.9. The van der Waals surface area contributed by atoms with Crippen molar-refractivity contribution in [3.63, 3.8) is 0 Å². The fourth-order valence-electron chi connectivity index (χ4n) is 3.19. The lowest BCUT2D eigenvalue weighted by molar-refractivity contribution is -0.118. The van der Waals surface area contributed by atoms with Gasteiger partial charge in [-0.1, -0.05) is 29.5 Å². The Morgan fingerprint density at radius 1 is 1.00 bits per heavy atom. The number of halogens is 1. The summed E-state index contributed by atoms with van der Waals surface area (Å²) in [6, 6.07) is 16.8. The molecule has 4 rings (SSSR count). The van der Waals surface area contributed by atoms with Gasteiger partial charge in [0, 0.05) is 11.4 Å². The highest BCUT2D eigenvalue weighted by Gasteiger charge is 2.11. The molecule has 0 unspecified atom stereocenters. The Labute approximate surface area is 204 Å². The normalized spacial score (nSPS) is 10.8. The van der Waals surface area contributed by atoms with Crippen LogP contribution in [0.15, 0.2) is 65.0 Å². The average Bonchev–Trinajstić information content (AvgIpc) is 3.21. The van der Waals surface area contributed by atoms with Gasteiger partial charge in [-0.05, 0) is 67.9 Å². The van der Waals surface area contributed by atoms with Gasteiger partial charge in [0.15, 0.2) is 10.9 Å². The summed E-state index contributed by atoms with van der Waals surface area (Å²) in [6.45, 7) is 3.79. The first-order valence-corrected chi connectivity index (χ1v) is 12.2. The van der Waals surface area contributed by atoms with Crippen molar-refractivity contribution < 1.29 is 18.7 Å². The zero-order valence-corrected chi connectivity index (χ0v) is 20.2. The summed E-state index contributed by atoms with van der Waals surface area (Å²) in [6.07, 6.45) is 0. The van der Waals surface area contributed by atoms with Crippen molar-refractivity contribution in [3.05, 3.63) is 77.6 Å². The highest BCUT2D eigenvalue weighted by atomic mass is 32.2. The van der Waals surface area contributed by atoms with Crippen LogP contribution in [0.25, 0.3) is 10.2 Å². The highest BCUT2D eigenvalue weighted by Crippen LogP contribution is 2.31. The molecular weight excluding hydrogens is 473 g/mol. The molecule has 3 aromatic carbocycles. The van der Waals surface area contributed by atoms with Crippen LogP contribution < -0.4 is 15.4 Å². The first kappa shape index (κ1) is 23.7. The van der Waals surface area contributed by atoms with Gasteiger partial charge in [0.05, 0.1) is 16.0 Å². The molecule has 0 aliphatic carbocycles. The monoisotopic (exact) mass is 495 g/mol. The van der Waals surface area contributed by atoms with Crippen LogP contribution >= 0.6 is 23.1 Å². The first-order chi connectivity index (χ1) is 16.4. The molecule has 0 aliphatic rings. The van der Waals surface area contributed by atoms with Gasteiger partial charge < -0.3 is 15.4 Å². The second-order valence-electron chi connectivity index (χ2n) is 7.61. The number of fused-ring (bicyclic) bond motifs is 1. The number of anilines is 2. The number of carbonyl (C=O) groups is 2. The SMILES string of the molecule is Cc1ccc(NC(=O)CSc2nc3ccc(NC(=O)COc4ccc(F)cc4)cc3s2)c(C)c1. The Balaban J connectivity index is 1.31. The number of thioether (sulfide) groups is 1. The lowest BCUT2D eigenvalue weighted by Crippen LogP contribution is -2.20. The van der Waals surface area contributed by atoms with Gasteiger partial charge in [-0.25, -0.2) is 9.37 Å². The number of thiazole rings is 1. The predicted octanol–water partition coefficient (Wildman–Crippen LogP) is 5.80. The number of amides is 2. The van der Waals surface area contributed by atoms with E-state index in [1.165, 1.54) is 47.4 Å². The Morgan fingerprint density at radius 3 is 2.56 bits per heavy atom. The molecule has 9 heteroatoms. The molecule has 4 aromatic rings. The van der Waals surface area contributed by atoms with Crippen molar-refractivity contribution >= 4 is 56.5 Å². The number of ether oxygens (including phenoxy) is 1. The minimum atomic E-state index is -0.366. The topological polar surface area (TPSA) is 80.3 Å². The van der Waals surface area contributed by atoms with Gasteiger partial charge in [-0.3, -0.25) is 9.59 Å². The Morgan fingerprint density at radius 2 is 1.79 bits per heavy atom. The van der Waals surface area contributed by atoms with Gasteiger partial charge >= 0.3 is 0 Å². The molecule has 2 N–H and O–H groups in total. The van der Waals surface area contributed by atoms with Gasteiger partial charge in [0.1, 0.15) is 11.6 Å². The molecule has 0 fully saturated rings. The first-order valence-electron chi connectivity index (χ1n) is 10.4. The summed E-state index contributed by atoms with van der Waals surface area (Å²) >= 11 is 2.83. The molecular formula is C25H22FN3O3S2. The van der Waals surface area contributed by atoms with Gasteiger partial charge in [0.25, 0.3) is 5.91 Å². The largest absolute Gasteiger partial charge is 0.484 e. The second kappa shape index (κ2) is 10.7. The third-order valence-corrected chi connectivity index (χ3v) is 6.98. The van der Waals surface area contributed by atoms with Crippen LogP contribution in [0.4, 0.5) is 15.8 Å². The van der Waals surface area contributed by atoms with E-state index in [2.05, 4.69) is 15.6 Å². The molecule has 1 heterocycles. The third kappa shape index (κ3) is 6.33. The Hall–Kier alpha value is -3.43. The van der Waals surface area contributed by atoms with Crippen LogP contribution in [0, 0.1) is 19.7 Å². The number of nitrogens with zero attached hydrogens (tertiary/aromatic N) is 1. The van der Waals surface area contributed by atoms with Gasteiger partial charge in [-0.2, -0.15) is 0 Å². The summed E-state index contributed by atoms with van der Waals surface area (Å²) in [4.78, 5) is 29.1. The Bertz CT molecular complexity index is 1340. The van der Waals surface area contributed by atoms with Crippen molar-refractivity contribution in [1.29, 1.82) is 0 Å². The van der Waals surface area contributed by atoms with Crippen LogP contribution in [0.3, 0.4) is 0 Å². The third-order valence-electron chi connectivity index (χ3n) is 4.82. The number of rotatable bonds is 8. The molecule has 1 aromatic heterocycles. The van der Waals surface area contributed by atoms with E-state index < -0.39 is 0 Å². The summed E-state index contributed by atoms with van der Waals surface area (Å²) < 4.78 is 20.0. The lowest BCUT2D eigenvalue weighted by Gasteiger charge is -2.08. The molecule has 0 radical (unpaired) electrons. The maximum atomic E-state index is 12.9. The highest BCUT2D eigenvalue weighted by molar-refractivity contribution is 8.01. The van der Waals surface area contributed by atoms with Crippen molar-refractivity contribution in [2.24, 2.45) is 0 Å². The number of hydrogen-bond donors (Lipinski definition) is 2. The fraction of sp³-hybridized carbons (Fsp3) is 0.160. The van der Waals surface area contributed by atoms with Crippen LogP contribution in [-0.4, -0.2) is 29.2 Å². The molecule has 0 aliphatic heterocycles. The minimum Gasteiger partial charge on any atom is -0.484 e. The number of carbonyl (C=O) groups excluding carboxylic acids is 2. The fourth-order valence-corrected chi connectivity index (χ4v) is 5.09. The van der Waals surface area contributed by atoms with Crippen molar-refractivity contribution in [2.75, 3.05) is 23.0 Å². The molecule has 174 valence electrons. The van der Waals surface area contributed by atoms with Crippen LogP contribution in [0.5, 0.6) is 5.75 Å².